The van der Waals surface area contributed by atoms with E-state index in [9.17, 15) is 61.0 Å². The van der Waals surface area contributed by atoms with E-state index in [4.69, 9.17) is 28.4 Å². The van der Waals surface area contributed by atoms with Gasteiger partial charge in [0.1, 0.15) is 73.2 Å². The number of allylic oxidation sites excluding steroid dienone is 7. The SMILES string of the molecule is CC/C=C\C/C=C\C/C=C\CCCCCCCCCC(=O)NC(COC1OC(CO)C(OC2OC(CO)C(OC3OC(CO)C(O)C(O)C3O)C(O)C2O)C(O)C1O)C(O)/C=C/CCCCCCCCCCCCCCCCCCCCCCC. The first kappa shape index (κ1) is 77.0. The van der Waals surface area contributed by atoms with Crippen molar-refractivity contribution >= 4 is 5.91 Å². The minimum absolute atomic E-state index is 0.231. The van der Waals surface area contributed by atoms with Crippen molar-refractivity contribution in [1.29, 1.82) is 0 Å². The van der Waals surface area contributed by atoms with E-state index in [1.165, 1.54) is 116 Å². The number of amides is 1. The van der Waals surface area contributed by atoms with Gasteiger partial charge in [0, 0.05) is 6.42 Å². The van der Waals surface area contributed by atoms with E-state index in [1.54, 1.807) is 6.08 Å². The van der Waals surface area contributed by atoms with Crippen molar-refractivity contribution in [2.45, 2.75) is 336 Å². The standard InChI is InChI=1S/C66H119NO18/c1-3-5-7-9-11-13-15-17-19-21-22-23-24-25-26-28-29-31-33-35-37-39-41-43-50(71)49(67-54(72)44-42-40-38-36-34-32-30-27-20-18-16-14-12-10-8-6-4-2)48-80-64-60(78)57(75)62(52(46-69)82-64)85-66-61(79)58(76)63(53(47-70)83-66)84-65-59(77)56(74)55(73)51(45-68)81-65/h6,8,12,14,18,20,41,43,49-53,55-66,68-71,73-79H,3-5,7,9-11,13,15-17,19,21-40,42,44-48H2,1-2H3,(H,67,72)/b8-6-,14-12-,20-18-,43-41+. The maximum atomic E-state index is 13.4. The molecule has 3 heterocycles. The highest BCUT2D eigenvalue weighted by Crippen LogP contribution is 2.33. The van der Waals surface area contributed by atoms with Crippen LogP contribution in [-0.2, 0) is 33.2 Å². The third-order valence-corrected chi connectivity index (χ3v) is 16.6. The molecule has 0 bridgehead atoms. The molecule has 1 amide bonds. The van der Waals surface area contributed by atoms with Crippen LogP contribution in [0.25, 0.3) is 0 Å². The molecule has 3 aliphatic heterocycles. The second kappa shape index (κ2) is 48.6. The van der Waals surface area contributed by atoms with Crippen LogP contribution < -0.4 is 5.32 Å². The van der Waals surface area contributed by atoms with Crippen molar-refractivity contribution in [2.24, 2.45) is 0 Å². The smallest absolute Gasteiger partial charge is 0.220 e. The lowest BCUT2D eigenvalue weighted by Gasteiger charge is -2.48. The van der Waals surface area contributed by atoms with Crippen molar-refractivity contribution in [1.82, 2.24) is 5.32 Å². The second-order valence-electron chi connectivity index (χ2n) is 23.9. The van der Waals surface area contributed by atoms with Gasteiger partial charge in [0.05, 0.1) is 38.6 Å². The largest absolute Gasteiger partial charge is 0.394 e. The number of hydrogen-bond acceptors (Lipinski definition) is 18. The molecule has 12 N–H and O–H groups in total. The van der Waals surface area contributed by atoms with E-state index in [-0.39, 0.29) is 18.9 Å². The zero-order valence-corrected chi connectivity index (χ0v) is 52.1. The van der Waals surface area contributed by atoms with Gasteiger partial charge in [0.2, 0.25) is 5.91 Å². The predicted molar refractivity (Wildman–Crippen MR) is 328 cm³/mol. The molecule has 496 valence electrons. The zero-order valence-electron chi connectivity index (χ0n) is 52.1. The van der Waals surface area contributed by atoms with Crippen molar-refractivity contribution in [3.8, 4) is 0 Å². The van der Waals surface area contributed by atoms with Gasteiger partial charge in [-0.15, -0.1) is 0 Å². The summed E-state index contributed by atoms with van der Waals surface area (Å²) < 4.78 is 34.3. The number of carbonyl (C=O) groups excluding carboxylic acids is 1. The van der Waals surface area contributed by atoms with Gasteiger partial charge in [-0.3, -0.25) is 4.79 Å². The lowest BCUT2D eigenvalue weighted by Crippen LogP contribution is -2.66. The number of nitrogens with one attached hydrogen (secondary N) is 1. The minimum atomic E-state index is -1.98. The van der Waals surface area contributed by atoms with Crippen LogP contribution in [0.3, 0.4) is 0 Å². The van der Waals surface area contributed by atoms with Gasteiger partial charge in [-0.25, -0.2) is 0 Å². The Morgan fingerprint density at radius 3 is 1.27 bits per heavy atom. The first-order valence-corrected chi connectivity index (χ1v) is 33.4. The number of ether oxygens (including phenoxy) is 6. The van der Waals surface area contributed by atoms with Gasteiger partial charge in [0.15, 0.2) is 18.9 Å². The molecular formula is C66H119NO18. The lowest BCUT2D eigenvalue weighted by atomic mass is 9.96. The molecule has 3 rings (SSSR count). The van der Waals surface area contributed by atoms with E-state index in [0.29, 0.717) is 6.42 Å². The summed E-state index contributed by atoms with van der Waals surface area (Å²) in [5.41, 5.74) is 0. The summed E-state index contributed by atoms with van der Waals surface area (Å²) in [6, 6.07) is -0.980. The summed E-state index contributed by atoms with van der Waals surface area (Å²) in [4.78, 5) is 13.4. The highest BCUT2D eigenvalue weighted by molar-refractivity contribution is 5.76. The lowest BCUT2D eigenvalue weighted by molar-refractivity contribution is -0.379. The highest BCUT2D eigenvalue weighted by atomic mass is 16.8. The molecule has 0 aliphatic carbocycles. The van der Waals surface area contributed by atoms with Crippen molar-refractivity contribution in [2.75, 3.05) is 26.4 Å². The van der Waals surface area contributed by atoms with Gasteiger partial charge in [-0.1, -0.05) is 223 Å². The summed E-state index contributed by atoms with van der Waals surface area (Å²) in [6.07, 6.45) is 29.4. The normalized spacial score (nSPS) is 29.3. The van der Waals surface area contributed by atoms with Gasteiger partial charge < -0.3 is 89.9 Å². The van der Waals surface area contributed by atoms with Gasteiger partial charge in [-0.05, 0) is 51.4 Å². The Bertz CT molecular complexity index is 1740. The third-order valence-electron chi connectivity index (χ3n) is 16.6. The molecule has 0 aromatic heterocycles. The van der Waals surface area contributed by atoms with Crippen LogP contribution in [0.2, 0.25) is 0 Å². The van der Waals surface area contributed by atoms with Crippen LogP contribution in [0.1, 0.15) is 232 Å². The monoisotopic (exact) mass is 1210 g/mol. The van der Waals surface area contributed by atoms with Crippen molar-refractivity contribution in [3.05, 3.63) is 48.6 Å². The number of rotatable bonds is 50. The summed E-state index contributed by atoms with van der Waals surface area (Å²) in [5.74, 6) is -0.286. The molecule has 3 aliphatic rings. The van der Waals surface area contributed by atoms with Crippen LogP contribution in [0.5, 0.6) is 0 Å². The Balaban J connectivity index is 1.46. The van der Waals surface area contributed by atoms with Crippen molar-refractivity contribution < 1.29 is 89.4 Å². The first-order valence-electron chi connectivity index (χ1n) is 33.4. The summed E-state index contributed by atoms with van der Waals surface area (Å²) in [7, 11) is 0. The molecular weight excluding hydrogens is 1090 g/mol. The number of unbranched alkanes of at least 4 members (excludes halogenated alkanes) is 28. The van der Waals surface area contributed by atoms with Crippen molar-refractivity contribution in [3.63, 3.8) is 0 Å². The van der Waals surface area contributed by atoms with Gasteiger partial charge >= 0.3 is 0 Å². The number of hydrogen-bond donors (Lipinski definition) is 12. The fourth-order valence-electron chi connectivity index (χ4n) is 11.2. The maximum absolute atomic E-state index is 13.4. The quantitative estimate of drug-likeness (QED) is 0.0204. The molecule has 0 radical (unpaired) electrons. The van der Waals surface area contributed by atoms with E-state index >= 15 is 0 Å². The molecule has 3 saturated heterocycles. The Morgan fingerprint density at radius 2 is 0.812 bits per heavy atom. The third kappa shape index (κ3) is 31.4. The Kier molecular flexibility index (Phi) is 44.0. The van der Waals surface area contributed by atoms with E-state index < -0.39 is 124 Å². The summed E-state index contributed by atoms with van der Waals surface area (Å²) >= 11 is 0. The van der Waals surface area contributed by atoms with Gasteiger partial charge in [0.25, 0.3) is 0 Å². The van der Waals surface area contributed by atoms with Crippen LogP contribution in [0.4, 0.5) is 0 Å². The van der Waals surface area contributed by atoms with E-state index in [1.807, 2.05) is 6.08 Å². The highest BCUT2D eigenvalue weighted by Gasteiger charge is 2.53. The Morgan fingerprint density at radius 1 is 0.435 bits per heavy atom. The van der Waals surface area contributed by atoms with Crippen LogP contribution in [0.15, 0.2) is 48.6 Å². The predicted octanol–water partition coefficient (Wildman–Crippen LogP) is 7.83. The number of aliphatic hydroxyl groups excluding tert-OH is 11. The maximum Gasteiger partial charge on any atom is 0.220 e. The summed E-state index contributed by atoms with van der Waals surface area (Å²) in [6.45, 7) is 1.62. The summed E-state index contributed by atoms with van der Waals surface area (Å²) in [5, 5.41) is 120. The topological polar surface area (TPSA) is 307 Å². The number of aliphatic hydroxyl groups is 11. The van der Waals surface area contributed by atoms with E-state index in [0.717, 1.165) is 89.9 Å². The second-order valence-corrected chi connectivity index (χ2v) is 23.9. The van der Waals surface area contributed by atoms with Crippen LogP contribution in [-0.4, -0.2) is 193 Å². The molecule has 17 unspecified atom stereocenters. The molecule has 19 nitrogen and oxygen atoms in total. The average Bonchev–Trinajstić information content (AvgIpc) is 3.10. The van der Waals surface area contributed by atoms with E-state index in [2.05, 4.69) is 55.6 Å². The minimum Gasteiger partial charge on any atom is -0.394 e. The first-order chi connectivity index (χ1) is 41.3. The molecule has 85 heavy (non-hydrogen) atoms. The molecule has 0 aromatic rings. The average molecular weight is 1210 g/mol. The fraction of sp³-hybridized carbons (Fsp3) is 0.864. The van der Waals surface area contributed by atoms with Crippen LogP contribution in [0, 0.1) is 0 Å². The van der Waals surface area contributed by atoms with Gasteiger partial charge in [-0.2, -0.15) is 0 Å². The Hall–Kier alpha value is -2.25. The molecule has 0 saturated carbocycles. The molecule has 19 heteroatoms. The number of carbonyl (C=O) groups is 1. The van der Waals surface area contributed by atoms with Crippen LogP contribution >= 0.6 is 0 Å². The fourth-order valence-corrected chi connectivity index (χ4v) is 11.2. The Labute approximate surface area is 510 Å². The molecule has 0 spiro atoms. The molecule has 17 atom stereocenters. The zero-order chi connectivity index (χ0) is 61.9. The molecule has 3 fully saturated rings. The molecule has 0 aromatic carbocycles.